The summed E-state index contributed by atoms with van der Waals surface area (Å²) in [5.74, 6) is 0.152. The van der Waals surface area contributed by atoms with Crippen LogP contribution >= 0.6 is 0 Å². The molecule has 0 aliphatic carbocycles. The second-order valence-electron chi connectivity index (χ2n) is 4.91. The third-order valence-corrected chi connectivity index (χ3v) is 3.35. The summed E-state index contributed by atoms with van der Waals surface area (Å²) in [6.45, 7) is 3.06. The van der Waals surface area contributed by atoms with Gasteiger partial charge in [0.25, 0.3) is 5.91 Å². The maximum Gasteiger partial charge on any atom is 0.312 e. The zero-order valence-electron chi connectivity index (χ0n) is 12.3. The normalized spacial score (nSPS) is 11.7. The third-order valence-electron chi connectivity index (χ3n) is 3.35. The zero-order valence-corrected chi connectivity index (χ0v) is 12.3. The molecule has 0 radical (unpaired) electrons. The molecule has 1 aromatic rings. The molecule has 116 valence electrons. The van der Waals surface area contributed by atoms with Gasteiger partial charge in [0.05, 0.1) is 0 Å². The first-order valence-electron chi connectivity index (χ1n) is 7.08. The van der Waals surface area contributed by atoms with E-state index in [2.05, 4.69) is 10.6 Å². The van der Waals surface area contributed by atoms with Gasteiger partial charge in [0.1, 0.15) is 0 Å². The number of benzene rings is 1. The van der Waals surface area contributed by atoms with E-state index in [4.69, 9.17) is 10.8 Å². The third kappa shape index (κ3) is 6.27. The Kier molecular flexibility index (Phi) is 7.25. The maximum absolute atomic E-state index is 12.0. The van der Waals surface area contributed by atoms with Crippen molar-refractivity contribution in [3.05, 3.63) is 35.4 Å². The van der Waals surface area contributed by atoms with Crippen LogP contribution in [-0.2, 0) is 6.54 Å². The summed E-state index contributed by atoms with van der Waals surface area (Å²) in [6, 6.07) is 6.39. The van der Waals surface area contributed by atoms with E-state index in [1.54, 1.807) is 24.3 Å². The average Bonchev–Trinajstić information content (AvgIpc) is 2.49. The van der Waals surface area contributed by atoms with E-state index in [1.165, 1.54) is 0 Å². The predicted molar refractivity (Wildman–Crippen MR) is 80.7 cm³/mol. The van der Waals surface area contributed by atoms with Gasteiger partial charge in [-0.15, -0.1) is 0 Å². The van der Waals surface area contributed by atoms with E-state index < -0.39 is 6.03 Å². The van der Waals surface area contributed by atoms with Crippen LogP contribution in [0.3, 0.4) is 0 Å². The maximum atomic E-state index is 12.0. The topological polar surface area (TPSA) is 104 Å². The number of hydrogen-bond acceptors (Lipinski definition) is 3. The highest BCUT2D eigenvalue weighted by Crippen LogP contribution is 2.08. The van der Waals surface area contributed by atoms with Gasteiger partial charge in [-0.25, -0.2) is 4.79 Å². The van der Waals surface area contributed by atoms with Crippen LogP contribution in [0, 0.1) is 5.92 Å². The Morgan fingerprint density at radius 1 is 1.24 bits per heavy atom. The largest absolute Gasteiger partial charge is 0.396 e. The summed E-state index contributed by atoms with van der Waals surface area (Å²) >= 11 is 0. The van der Waals surface area contributed by atoms with Crippen molar-refractivity contribution in [3.63, 3.8) is 0 Å². The zero-order chi connectivity index (χ0) is 15.7. The highest BCUT2D eigenvalue weighted by molar-refractivity contribution is 5.94. The van der Waals surface area contributed by atoms with Gasteiger partial charge in [-0.3, -0.25) is 4.79 Å². The Morgan fingerprint density at radius 2 is 1.90 bits per heavy atom. The lowest BCUT2D eigenvalue weighted by atomic mass is 10.0. The Labute approximate surface area is 124 Å². The minimum Gasteiger partial charge on any atom is -0.396 e. The molecule has 0 bridgehead atoms. The van der Waals surface area contributed by atoms with Crippen molar-refractivity contribution in [2.24, 2.45) is 11.7 Å². The smallest absolute Gasteiger partial charge is 0.312 e. The summed E-state index contributed by atoms with van der Waals surface area (Å²) in [7, 11) is 0. The lowest BCUT2D eigenvalue weighted by Gasteiger charge is -2.14. The molecule has 3 amide bonds. The molecular formula is C15H23N3O3. The van der Waals surface area contributed by atoms with Crippen LogP contribution in [0.4, 0.5) is 4.79 Å². The molecule has 1 rings (SSSR count). The van der Waals surface area contributed by atoms with Gasteiger partial charge in [-0.2, -0.15) is 0 Å². The Morgan fingerprint density at radius 3 is 2.43 bits per heavy atom. The van der Waals surface area contributed by atoms with Gasteiger partial charge in [0, 0.05) is 25.3 Å². The molecule has 6 heteroatoms. The van der Waals surface area contributed by atoms with E-state index in [9.17, 15) is 9.59 Å². The number of primary amides is 1. The van der Waals surface area contributed by atoms with Crippen LogP contribution in [0.2, 0.25) is 0 Å². The number of carbonyl (C=O) groups excluding carboxylic acids is 2. The van der Waals surface area contributed by atoms with Crippen molar-refractivity contribution in [1.29, 1.82) is 0 Å². The van der Waals surface area contributed by atoms with Crippen molar-refractivity contribution in [2.45, 2.75) is 26.3 Å². The molecule has 0 spiro atoms. The van der Waals surface area contributed by atoms with Crippen molar-refractivity contribution >= 4 is 11.9 Å². The Hall–Kier alpha value is -2.08. The molecule has 5 N–H and O–H groups in total. The second kappa shape index (κ2) is 8.97. The fourth-order valence-corrected chi connectivity index (χ4v) is 1.94. The van der Waals surface area contributed by atoms with E-state index in [0.717, 1.165) is 12.0 Å². The molecule has 0 aromatic heterocycles. The summed E-state index contributed by atoms with van der Waals surface area (Å²) in [6.07, 6.45) is 1.60. The second-order valence-corrected chi connectivity index (χ2v) is 4.91. The van der Waals surface area contributed by atoms with Gasteiger partial charge in [-0.1, -0.05) is 25.5 Å². The van der Waals surface area contributed by atoms with Crippen LogP contribution in [-0.4, -0.2) is 30.2 Å². The lowest BCUT2D eigenvalue weighted by Crippen LogP contribution is -2.30. The number of aliphatic hydroxyl groups excluding tert-OH is 1. The fourth-order valence-electron chi connectivity index (χ4n) is 1.94. The molecule has 0 heterocycles. The van der Waals surface area contributed by atoms with Crippen molar-refractivity contribution in [1.82, 2.24) is 10.6 Å². The highest BCUT2D eigenvalue weighted by atomic mass is 16.3. The van der Waals surface area contributed by atoms with Crippen LogP contribution < -0.4 is 16.4 Å². The monoisotopic (exact) mass is 293 g/mol. The van der Waals surface area contributed by atoms with Crippen molar-refractivity contribution < 1.29 is 14.7 Å². The van der Waals surface area contributed by atoms with Crippen LogP contribution in [0.25, 0.3) is 0 Å². The number of hydrogen-bond donors (Lipinski definition) is 4. The molecule has 0 fully saturated rings. The number of amides is 3. The summed E-state index contributed by atoms with van der Waals surface area (Å²) in [4.78, 5) is 22.6. The van der Waals surface area contributed by atoms with E-state index in [1.807, 2.05) is 6.92 Å². The van der Waals surface area contributed by atoms with Gasteiger partial charge < -0.3 is 21.5 Å². The van der Waals surface area contributed by atoms with E-state index >= 15 is 0 Å². The average molecular weight is 293 g/mol. The first-order valence-corrected chi connectivity index (χ1v) is 7.08. The van der Waals surface area contributed by atoms with Gasteiger partial charge in [-0.05, 0) is 30.0 Å². The first kappa shape index (κ1) is 17.0. The van der Waals surface area contributed by atoms with Crippen LogP contribution in [0.1, 0.15) is 35.7 Å². The van der Waals surface area contributed by atoms with Crippen molar-refractivity contribution in [2.75, 3.05) is 13.2 Å². The summed E-state index contributed by atoms with van der Waals surface area (Å²) in [5, 5.41) is 14.3. The Bertz CT molecular complexity index is 460. The predicted octanol–water partition coefficient (Wildman–Crippen LogP) is 0.993. The molecule has 1 atom stereocenters. The molecule has 6 nitrogen and oxygen atoms in total. The number of carbonyl (C=O) groups is 2. The van der Waals surface area contributed by atoms with E-state index in [0.29, 0.717) is 25.1 Å². The molecule has 1 unspecified atom stereocenters. The highest BCUT2D eigenvalue weighted by Gasteiger charge is 2.09. The number of rotatable bonds is 8. The number of nitrogens with two attached hydrogens (primary N) is 1. The number of aliphatic hydroxyl groups is 1. The first-order chi connectivity index (χ1) is 10.1. The molecule has 0 aliphatic heterocycles. The standard InChI is InChI=1S/C15H23N3O3/c1-2-11(7-8-19)9-17-14(20)13-5-3-12(4-6-13)10-18-15(16)21/h3-6,11,19H,2,7-10H2,1H3,(H,17,20)(H3,16,18,21). The minimum atomic E-state index is -0.577. The lowest BCUT2D eigenvalue weighted by molar-refractivity contribution is 0.0943. The van der Waals surface area contributed by atoms with Gasteiger partial charge >= 0.3 is 6.03 Å². The molecule has 0 aliphatic rings. The fraction of sp³-hybridized carbons (Fsp3) is 0.467. The van der Waals surface area contributed by atoms with Gasteiger partial charge in [0.2, 0.25) is 0 Å². The van der Waals surface area contributed by atoms with E-state index in [-0.39, 0.29) is 18.4 Å². The molecule has 0 saturated heterocycles. The summed E-state index contributed by atoms with van der Waals surface area (Å²) in [5.41, 5.74) is 6.43. The quantitative estimate of drug-likeness (QED) is 0.574. The van der Waals surface area contributed by atoms with Crippen molar-refractivity contribution in [3.8, 4) is 0 Å². The SMILES string of the molecule is CCC(CCO)CNC(=O)c1ccc(CNC(N)=O)cc1. The number of urea groups is 1. The molecule has 1 aromatic carbocycles. The Balaban J connectivity index is 2.49. The van der Waals surface area contributed by atoms with Crippen LogP contribution in [0.15, 0.2) is 24.3 Å². The van der Waals surface area contributed by atoms with Crippen LogP contribution in [0.5, 0.6) is 0 Å². The summed E-state index contributed by atoms with van der Waals surface area (Å²) < 4.78 is 0. The number of nitrogens with one attached hydrogen (secondary N) is 2. The molecular weight excluding hydrogens is 270 g/mol. The van der Waals surface area contributed by atoms with Gasteiger partial charge in [0.15, 0.2) is 0 Å². The molecule has 0 saturated carbocycles. The molecule has 21 heavy (non-hydrogen) atoms. The minimum absolute atomic E-state index is 0.135.